The highest BCUT2D eigenvalue weighted by Gasteiger charge is 2.22. The Morgan fingerprint density at radius 1 is 1.56 bits per heavy atom. The predicted molar refractivity (Wildman–Crippen MR) is 64.5 cm³/mol. The molecule has 0 amide bonds. The largest absolute Gasteiger partial charge is 0.360 e. The summed E-state index contributed by atoms with van der Waals surface area (Å²) in [6.07, 6.45) is 0.747. The molecule has 0 bridgehead atoms. The van der Waals surface area contributed by atoms with E-state index in [1.165, 1.54) is 0 Å². The summed E-state index contributed by atoms with van der Waals surface area (Å²) in [5.41, 5.74) is 1.57. The molecule has 4 nitrogen and oxygen atoms in total. The number of carbonyl (C=O) groups is 1. The Morgan fingerprint density at radius 2 is 2.38 bits per heavy atom. The summed E-state index contributed by atoms with van der Waals surface area (Å²) < 4.78 is 0. The maximum absolute atomic E-state index is 11.0. The van der Waals surface area contributed by atoms with Gasteiger partial charge in [-0.25, -0.2) is 0 Å². The summed E-state index contributed by atoms with van der Waals surface area (Å²) in [6.45, 7) is 1.41. The van der Waals surface area contributed by atoms with Crippen LogP contribution in [-0.4, -0.2) is 24.5 Å². The molecule has 2 rings (SSSR count). The van der Waals surface area contributed by atoms with Gasteiger partial charge in [-0.15, -0.1) is 0 Å². The maximum Gasteiger partial charge on any atom is 0.173 e. The van der Waals surface area contributed by atoms with Crippen LogP contribution in [0.15, 0.2) is 18.2 Å². The lowest BCUT2D eigenvalue weighted by molar-refractivity contribution is 0.112. The third-order valence-electron chi connectivity index (χ3n) is 2.44. The number of nitrogens with one attached hydrogen (secondary N) is 1. The van der Waals surface area contributed by atoms with Crippen LogP contribution in [0.5, 0.6) is 0 Å². The molecule has 0 atom stereocenters. The van der Waals surface area contributed by atoms with Crippen molar-refractivity contribution in [2.45, 2.75) is 0 Å². The number of thiocarbonyl (C=S) groups is 1. The van der Waals surface area contributed by atoms with E-state index >= 15 is 0 Å². The molecule has 0 radical (unpaired) electrons. The van der Waals surface area contributed by atoms with E-state index in [1.807, 2.05) is 0 Å². The van der Waals surface area contributed by atoms with Crippen LogP contribution in [-0.2, 0) is 0 Å². The van der Waals surface area contributed by atoms with Crippen molar-refractivity contribution in [1.29, 1.82) is 5.26 Å². The number of hydrogen-bond acceptors (Lipinski definition) is 3. The van der Waals surface area contributed by atoms with E-state index in [0.29, 0.717) is 28.5 Å². The standard InChI is InChI=1S/C11H9N3OS/c12-6-8-2-1-3-9(7-15)10(8)14-5-4-13-11(14)16/h1-3,7H,4-5H2,(H,13,16). The molecule has 1 aliphatic rings. The lowest BCUT2D eigenvalue weighted by Gasteiger charge is -2.19. The Balaban J connectivity index is 2.57. The summed E-state index contributed by atoms with van der Waals surface area (Å²) in [5.74, 6) is 0. The molecule has 5 heteroatoms. The van der Waals surface area contributed by atoms with E-state index < -0.39 is 0 Å². The SMILES string of the molecule is N#Cc1cccc(C=O)c1N1CCNC1=S. The molecular formula is C11H9N3OS. The summed E-state index contributed by atoms with van der Waals surface area (Å²) in [7, 11) is 0. The zero-order valence-corrected chi connectivity index (χ0v) is 9.25. The van der Waals surface area contributed by atoms with Crippen molar-refractivity contribution in [3.8, 4) is 6.07 Å². The van der Waals surface area contributed by atoms with Gasteiger partial charge in [0.15, 0.2) is 11.4 Å². The van der Waals surface area contributed by atoms with E-state index in [-0.39, 0.29) is 0 Å². The van der Waals surface area contributed by atoms with Crippen LogP contribution in [0.2, 0.25) is 0 Å². The van der Waals surface area contributed by atoms with Crippen molar-refractivity contribution in [3.63, 3.8) is 0 Å². The monoisotopic (exact) mass is 231 g/mol. The molecule has 1 fully saturated rings. The average molecular weight is 231 g/mol. The second kappa shape index (κ2) is 4.29. The molecule has 0 unspecified atom stereocenters. The van der Waals surface area contributed by atoms with Crippen molar-refractivity contribution in [2.24, 2.45) is 0 Å². The summed E-state index contributed by atoms with van der Waals surface area (Å²) in [6, 6.07) is 7.14. The highest BCUT2D eigenvalue weighted by molar-refractivity contribution is 7.80. The summed E-state index contributed by atoms with van der Waals surface area (Å²) >= 11 is 5.13. The fourth-order valence-corrected chi connectivity index (χ4v) is 2.02. The highest BCUT2D eigenvalue weighted by atomic mass is 32.1. The van der Waals surface area contributed by atoms with Gasteiger partial charge in [-0.05, 0) is 24.4 Å². The smallest absolute Gasteiger partial charge is 0.173 e. The fourth-order valence-electron chi connectivity index (χ4n) is 1.73. The third-order valence-corrected chi connectivity index (χ3v) is 2.81. The number of benzene rings is 1. The number of nitriles is 1. The lowest BCUT2D eigenvalue weighted by Crippen LogP contribution is -2.29. The van der Waals surface area contributed by atoms with E-state index in [0.717, 1.165) is 12.8 Å². The molecule has 1 heterocycles. The number of aldehydes is 1. The minimum absolute atomic E-state index is 0.468. The highest BCUT2D eigenvalue weighted by Crippen LogP contribution is 2.25. The maximum atomic E-state index is 11.0. The lowest BCUT2D eigenvalue weighted by atomic mass is 10.1. The third kappa shape index (κ3) is 1.64. The first-order chi connectivity index (χ1) is 7.77. The number of nitrogens with zero attached hydrogens (tertiary/aromatic N) is 2. The van der Waals surface area contributed by atoms with Gasteiger partial charge < -0.3 is 10.2 Å². The first-order valence-electron chi connectivity index (χ1n) is 4.81. The summed E-state index contributed by atoms with van der Waals surface area (Å²) in [4.78, 5) is 12.7. The van der Waals surface area contributed by atoms with E-state index in [2.05, 4.69) is 11.4 Å². The molecule has 1 N–H and O–H groups in total. The van der Waals surface area contributed by atoms with E-state index in [4.69, 9.17) is 17.5 Å². The first-order valence-corrected chi connectivity index (χ1v) is 5.22. The average Bonchev–Trinajstić information content (AvgIpc) is 2.74. The Kier molecular flexibility index (Phi) is 2.84. The van der Waals surface area contributed by atoms with Gasteiger partial charge in [0, 0.05) is 18.7 Å². The minimum Gasteiger partial charge on any atom is -0.360 e. The van der Waals surface area contributed by atoms with Crippen molar-refractivity contribution < 1.29 is 4.79 Å². The quantitative estimate of drug-likeness (QED) is 0.609. The van der Waals surface area contributed by atoms with Crippen molar-refractivity contribution in [1.82, 2.24) is 5.32 Å². The number of carbonyl (C=O) groups excluding carboxylic acids is 1. The van der Waals surface area contributed by atoms with Gasteiger partial charge in [0.25, 0.3) is 0 Å². The molecule has 1 aliphatic heterocycles. The molecule has 0 aromatic heterocycles. The molecule has 0 spiro atoms. The second-order valence-corrected chi connectivity index (χ2v) is 3.74. The molecule has 1 aromatic carbocycles. The molecule has 0 saturated carbocycles. The van der Waals surface area contributed by atoms with Crippen LogP contribution >= 0.6 is 12.2 Å². The number of anilines is 1. The van der Waals surface area contributed by atoms with E-state index in [9.17, 15) is 4.79 Å². The molecule has 0 aliphatic carbocycles. The molecule has 80 valence electrons. The van der Waals surface area contributed by atoms with Gasteiger partial charge in [0.05, 0.1) is 11.3 Å². The van der Waals surface area contributed by atoms with E-state index in [1.54, 1.807) is 23.1 Å². The fraction of sp³-hybridized carbons (Fsp3) is 0.182. The van der Waals surface area contributed by atoms with Crippen LogP contribution in [0.3, 0.4) is 0 Å². The molecule has 16 heavy (non-hydrogen) atoms. The molecule has 1 aromatic rings. The Labute approximate surface area is 98.5 Å². The number of hydrogen-bond donors (Lipinski definition) is 1. The minimum atomic E-state index is 0.468. The van der Waals surface area contributed by atoms with Crippen molar-refractivity contribution >= 4 is 29.3 Å². The number of rotatable bonds is 2. The van der Waals surface area contributed by atoms with Crippen LogP contribution in [0.4, 0.5) is 5.69 Å². The topological polar surface area (TPSA) is 56.1 Å². The normalized spacial score (nSPS) is 14.4. The predicted octanol–water partition coefficient (Wildman–Crippen LogP) is 1.07. The van der Waals surface area contributed by atoms with Crippen LogP contribution in [0, 0.1) is 11.3 Å². The van der Waals surface area contributed by atoms with Crippen LogP contribution in [0.25, 0.3) is 0 Å². The van der Waals surface area contributed by atoms with Gasteiger partial charge in [0.2, 0.25) is 0 Å². The van der Waals surface area contributed by atoms with Crippen LogP contribution in [0.1, 0.15) is 15.9 Å². The molecular weight excluding hydrogens is 222 g/mol. The van der Waals surface area contributed by atoms with Crippen molar-refractivity contribution in [2.75, 3.05) is 18.0 Å². The first kappa shape index (κ1) is 10.6. The van der Waals surface area contributed by atoms with Gasteiger partial charge >= 0.3 is 0 Å². The number of para-hydroxylation sites is 1. The van der Waals surface area contributed by atoms with Crippen LogP contribution < -0.4 is 10.2 Å². The molecule has 1 saturated heterocycles. The van der Waals surface area contributed by atoms with Gasteiger partial charge in [-0.2, -0.15) is 5.26 Å². The van der Waals surface area contributed by atoms with Gasteiger partial charge in [-0.1, -0.05) is 6.07 Å². The van der Waals surface area contributed by atoms with Crippen molar-refractivity contribution in [3.05, 3.63) is 29.3 Å². The Bertz CT molecular complexity index is 492. The van der Waals surface area contributed by atoms with Gasteiger partial charge in [-0.3, -0.25) is 4.79 Å². The zero-order valence-electron chi connectivity index (χ0n) is 8.43. The van der Waals surface area contributed by atoms with Gasteiger partial charge in [0.1, 0.15) is 6.07 Å². The summed E-state index contributed by atoms with van der Waals surface area (Å²) in [5, 5.41) is 12.6. The Morgan fingerprint density at radius 3 is 2.94 bits per heavy atom. The second-order valence-electron chi connectivity index (χ2n) is 3.36. The Hall–Kier alpha value is -1.93. The zero-order chi connectivity index (χ0) is 11.5.